The Morgan fingerprint density at radius 1 is 0.845 bits per heavy atom. The van der Waals surface area contributed by atoms with Crippen molar-refractivity contribution in [3.05, 3.63) is 36.0 Å². The van der Waals surface area contributed by atoms with E-state index in [0.717, 1.165) is 29.5 Å². The number of Topliss-reactive ketones (excluding diaryl/α,β-unsaturated/α-hetero) is 3. The second-order valence-electron chi connectivity index (χ2n) is 18.4. The van der Waals surface area contributed by atoms with Gasteiger partial charge in [0.05, 0.1) is 18.6 Å². The molecule has 2 aliphatic heterocycles. The van der Waals surface area contributed by atoms with Crippen LogP contribution in [0.3, 0.4) is 0 Å². The summed E-state index contributed by atoms with van der Waals surface area (Å²) in [6, 6.07) is 4.03. The van der Waals surface area contributed by atoms with Crippen LogP contribution in [0.2, 0.25) is 0 Å². The molecule has 0 bridgehead atoms. The van der Waals surface area contributed by atoms with Crippen LogP contribution in [0.1, 0.15) is 109 Å². The monoisotopic (exact) mass is 1030 g/mol. The number of hydrogen-bond donors (Lipinski definition) is 10. The molecule has 10 N–H and O–H groups in total. The second-order valence-corrected chi connectivity index (χ2v) is 20.0. The topological polar surface area (TPSA) is 322 Å². The maximum Gasteiger partial charge on any atom is 0.303 e. The molecule has 4 rings (SSSR count). The van der Waals surface area contributed by atoms with Gasteiger partial charge in [0.15, 0.2) is 11.6 Å². The number of ketones is 3. The molecule has 8 atom stereocenters. The highest BCUT2D eigenvalue weighted by Crippen LogP contribution is 2.39. The van der Waals surface area contributed by atoms with Gasteiger partial charge in [-0.25, -0.2) is 0 Å². The molecule has 22 heteroatoms. The van der Waals surface area contributed by atoms with Gasteiger partial charge in [0.2, 0.25) is 29.5 Å². The van der Waals surface area contributed by atoms with E-state index >= 15 is 0 Å². The van der Waals surface area contributed by atoms with E-state index in [1.54, 1.807) is 6.20 Å². The number of nitrogens with two attached hydrogens (primary N) is 1. The number of carbonyl (C=O) groups excluding carboxylic acids is 8. The van der Waals surface area contributed by atoms with E-state index in [2.05, 4.69) is 44.2 Å². The first kappa shape index (κ1) is 58.3. The number of aliphatic carboxylic acids is 2. The number of nitrogens with one attached hydrogen (secondary N) is 6. The minimum Gasteiger partial charge on any atom is -0.481 e. The molecule has 0 radical (unpaired) electrons. The van der Waals surface area contributed by atoms with E-state index in [4.69, 9.17) is 10.5 Å². The minimum atomic E-state index is -1.27. The minimum absolute atomic E-state index is 0.0332. The molecule has 2 fully saturated rings. The van der Waals surface area contributed by atoms with E-state index < -0.39 is 109 Å². The van der Waals surface area contributed by atoms with E-state index in [9.17, 15) is 58.2 Å². The van der Waals surface area contributed by atoms with E-state index in [0.29, 0.717) is 68.4 Å². The molecule has 1 aromatic carbocycles. The lowest BCUT2D eigenvalue weighted by Crippen LogP contribution is -2.49. The number of fused-ring (bicyclic) bond motifs is 2. The predicted molar refractivity (Wildman–Crippen MR) is 268 cm³/mol. The Labute approximate surface area is 423 Å². The smallest absolute Gasteiger partial charge is 0.303 e. The number of carboxylic acids is 2. The summed E-state index contributed by atoms with van der Waals surface area (Å²) in [6.07, 6.45) is 4.44. The molecule has 3 heterocycles. The maximum absolute atomic E-state index is 14.1. The lowest BCUT2D eigenvalue weighted by Gasteiger charge is -2.24. The number of para-hydroxylation sites is 1. The molecular weight excluding hydrogens is 959 g/mol. The zero-order chi connectivity index (χ0) is 51.9. The number of aromatic amines is 1. The quantitative estimate of drug-likeness (QED) is 0.0343. The fraction of sp³-hybridized carbons (Fsp3) is 0.633. The number of hydrogen-bond acceptors (Lipinski definition) is 14. The van der Waals surface area contributed by atoms with E-state index in [1.807, 2.05) is 43.0 Å². The Bertz CT molecular complexity index is 2170. The number of aromatic nitrogens is 1. The lowest BCUT2D eigenvalue weighted by molar-refractivity contribution is -0.138. The highest BCUT2D eigenvalue weighted by molar-refractivity contribution is 8.00. The number of rotatable bonds is 37. The van der Waals surface area contributed by atoms with Crippen molar-refractivity contribution >= 4 is 94.1 Å². The van der Waals surface area contributed by atoms with Gasteiger partial charge in [0.25, 0.3) is 0 Å². The third-order valence-corrected chi connectivity index (χ3v) is 14.8. The number of benzene rings is 1. The highest BCUT2D eigenvalue weighted by atomic mass is 32.2. The SMILES string of the molecule is CCCOCC(=O)N[C@@H](CCCCNC(=O)CCCCC1SC[C@@H]2CC(=O)N[C@H]12)C(=O)C[C@@H](CCC(=O)O)C(=O)CN[C@@H](CCC(=O)O)C(=O)C[C@@H](Cc1c[nH]c2ccccc12)C(=O)N[C@@H](CS)C(N)=O. The van der Waals surface area contributed by atoms with Crippen molar-refractivity contribution < 1.29 is 62.9 Å². The first-order valence-electron chi connectivity index (χ1n) is 24.5. The fourth-order valence-electron chi connectivity index (χ4n) is 8.96. The zero-order valence-corrected chi connectivity index (χ0v) is 42.1. The van der Waals surface area contributed by atoms with Gasteiger partial charge in [-0.2, -0.15) is 24.4 Å². The lowest BCUT2D eigenvalue weighted by atomic mass is 9.88. The van der Waals surface area contributed by atoms with Crippen molar-refractivity contribution in [1.29, 1.82) is 0 Å². The van der Waals surface area contributed by atoms with Crippen LogP contribution in [-0.4, -0.2) is 141 Å². The first-order valence-corrected chi connectivity index (χ1v) is 26.2. The summed E-state index contributed by atoms with van der Waals surface area (Å²) in [5, 5.41) is 34.3. The van der Waals surface area contributed by atoms with Crippen molar-refractivity contribution in [3.63, 3.8) is 0 Å². The van der Waals surface area contributed by atoms with Gasteiger partial charge in [0.1, 0.15) is 18.4 Å². The van der Waals surface area contributed by atoms with Gasteiger partial charge in [-0.3, -0.25) is 47.9 Å². The Morgan fingerprint density at radius 3 is 2.28 bits per heavy atom. The van der Waals surface area contributed by atoms with Crippen LogP contribution in [0, 0.1) is 17.8 Å². The number of H-pyrrole nitrogens is 1. The fourth-order valence-corrected chi connectivity index (χ4v) is 10.9. The summed E-state index contributed by atoms with van der Waals surface area (Å²) >= 11 is 5.99. The first-order chi connectivity index (χ1) is 34.0. The number of thiol groups is 1. The van der Waals surface area contributed by atoms with Crippen molar-refractivity contribution in [2.45, 2.75) is 139 Å². The number of carbonyl (C=O) groups is 10. The number of ether oxygens (including phenoxy) is 1. The summed E-state index contributed by atoms with van der Waals surface area (Å²) in [6.45, 7) is 1.63. The van der Waals surface area contributed by atoms with Crippen LogP contribution < -0.4 is 32.3 Å². The predicted octanol–water partition coefficient (Wildman–Crippen LogP) is 2.40. The average molecular weight is 1030 g/mol. The largest absolute Gasteiger partial charge is 0.481 e. The zero-order valence-electron chi connectivity index (χ0n) is 40.4. The molecule has 20 nitrogen and oxygen atoms in total. The molecule has 1 unspecified atom stereocenters. The Morgan fingerprint density at radius 2 is 1.56 bits per heavy atom. The van der Waals surface area contributed by atoms with Crippen LogP contribution in [0.4, 0.5) is 0 Å². The number of carboxylic acid groups (broad SMARTS) is 2. The summed E-state index contributed by atoms with van der Waals surface area (Å²) in [4.78, 5) is 131. The van der Waals surface area contributed by atoms with Crippen molar-refractivity contribution in [2.24, 2.45) is 23.5 Å². The van der Waals surface area contributed by atoms with Crippen LogP contribution in [0.5, 0.6) is 0 Å². The van der Waals surface area contributed by atoms with Gasteiger partial charge in [-0.1, -0.05) is 31.5 Å². The average Bonchev–Trinajstić information content (AvgIpc) is 4.03. The van der Waals surface area contributed by atoms with Crippen LogP contribution in [0.25, 0.3) is 10.9 Å². The molecule has 5 amide bonds. The van der Waals surface area contributed by atoms with Gasteiger partial charge in [0, 0.05) is 97.7 Å². The van der Waals surface area contributed by atoms with Gasteiger partial charge < -0.3 is 52.3 Å². The number of primary amides is 1. The highest BCUT2D eigenvalue weighted by Gasteiger charge is 2.42. The van der Waals surface area contributed by atoms with E-state index in [1.165, 1.54) is 0 Å². The number of unbranched alkanes of at least 4 members (excludes halogenated alkanes) is 2. The number of amides is 5. The molecule has 0 spiro atoms. The standard InChI is InChI=1S/C49H71N7O13S2/c1-2-19-69-26-44(62)54-36(11-7-8-18-51-42(60)13-6-5-12-41-47-32(28-71-41)23-43(61)56-47)39(58)21-29(14-16-45(63)64)40(59)25-53-35(15-17-46(65)66)38(57)22-30(49(68)55-37(27-70)48(50)67)20-31-24-52-34-10-4-3-9-33(31)34/h3-4,9-10,24,29-30,32,35-37,41,47,52-53,70H,2,5-8,11-23,25-28H2,1H3,(H2,50,67)(H,51,60)(H,54,62)(H,55,68)(H,56,61)(H,63,64)(H,65,66)/t29-,30-,32+,35+,36+,37+,41?,47+/m1/s1. The maximum atomic E-state index is 14.1. The molecule has 1 aromatic heterocycles. The van der Waals surface area contributed by atoms with Gasteiger partial charge >= 0.3 is 11.9 Å². The Balaban J connectivity index is 1.38. The molecule has 0 saturated carbocycles. The van der Waals surface area contributed by atoms with Gasteiger partial charge in [-0.05, 0) is 81.1 Å². The van der Waals surface area contributed by atoms with E-state index in [-0.39, 0.29) is 55.9 Å². The summed E-state index contributed by atoms with van der Waals surface area (Å²) < 4.78 is 5.36. The van der Waals surface area contributed by atoms with Crippen molar-refractivity contribution in [2.75, 3.05) is 37.8 Å². The molecule has 0 aliphatic carbocycles. The molecule has 2 aromatic rings. The third kappa shape index (κ3) is 20.0. The van der Waals surface area contributed by atoms with Gasteiger partial charge in [-0.15, -0.1) is 0 Å². The molecule has 2 aliphatic rings. The normalized spacial score (nSPS) is 18.3. The summed E-state index contributed by atoms with van der Waals surface area (Å²) in [5.41, 5.74) is 6.93. The second kappa shape index (κ2) is 30.5. The number of thioether (sulfide) groups is 1. The molecule has 2 saturated heterocycles. The van der Waals surface area contributed by atoms with Crippen molar-refractivity contribution in [3.8, 4) is 0 Å². The van der Waals surface area contributed by atoms with Crippen molar-refractivity contribution in [1.82, 2.24) is 31.6 Å². The molecular formula is C49H71N7O13S2. The Kier molecular flexibility index (Phi) is 25.1. The molecule has 71 heavy (non-hydrogen) atoms. The summed E-state index contributed by atoms with van der Waals surface area (Å²) in [7, 11) is 0. The van der Waals surface area contributed by atoms with Crippen LogP contribution in [-0.2, 0) is 59.1 Å². The molecule has 392 valence electrons. The third-order valence-electron chi connectivity index (χ3n) is 12.9. The van der Waals surface area contributed by atoms with Crippen LogP contribution >= 0.6 is 24.4 Å². The summed E-state index contributed by atoms with van der Waals surface area (Å²) in [5.74, 6) is -7.30. The Hall–Kier alpha value is -5.32. The van der Waals surface area contributed by atoms with Crippen LogP contribution in [0.15, 0.2) is 30.5 Å².